The first-order valence-electron chi connectivity index (χ1n) is 8.21. The molecule has 0 aliphatic rings. The lowest BCUT2D eigenvalue weighted by Gasteiger charge is -2.26. The largest absolute Gasteiger partial charge is 0.497 e. The smallest absolute Gasteiger partial charge is 0.255 e. The Bertz CT molecular complexity index is 891. The number of aliphatic hydroxyl groups is 1. The third kappa shape index (κ3) is 3.58. The van der Waals surface area contributed by atoms with E-state index in [1.165, 1.54) is 0 Å². The topological polar surface area (TPSA) is 71.5 Å². The predicted octanol–water partition coefficient (Wildman–Crippen LogP) is 3.60. The summed E-state index contributed by atoms with van der Waals surface area (Å²) in [7, 11) is 1.57. The fraction of sp³-hybridized carbons (Fsp3) is 0.143. The molecule has 1 heterocycles. The van der Waals surface area contributed by atoms with E-state index in [4.69, 9.17) is 4.74 Å². The number of ether oxygens (including phenoxy) is 1. The molecule has 132 valence electrons. The van der Waals surface area contributed by atoms with Crippen molar-refractivity contribution in [2.75, 3.05) is 12.4 Å². The predicted molar refractivity (Wildman–Crippen MR) is 100 cm³/mol. The van der Waals surface area contributed by atoms with Gasteiger partial charge in [0.25, 0.3) is 5.91 Å². The minimum atomic E-state index is -1.34. The van der Waals surface area contributed by atoms with Gasteiger partial charge in [0.05, 0.1) is 12.8 Å². The van der Waals surface area contributed by atoms with Gasteiger partial charge in [-0.05, 0) is 49.4 Å². The van der Waals surface area contributed by atoms with Crippen LogP contribution in [0.15, 0.2) is 72.9 Å². The summed E-state index contributed by atoms with van der Waals surface area (Å²) in [6, 6.07) is 19.3. The molecule has 5 nitrogen and oxygen atoms in total. The van der Waals surface area contributed by atoms with Crippen molar-refractivity contribution in [1.29, 1.82) is 0 Å². The summed E-state index contributed by atoms with van der Waals surface area (Å²) in [5, 5.41) is 13.9. The standard InChI is InChI=1S/C21H20N2O3/c1-21(25,19-9-5-6-14-22-19)17-7-3-4-8-18(17)23-20(24)15-10-12-16(26-2)13-11-15/h3-14,25H,1-2H3,(H,23,24). The molecule has 0 radical (unpaired) electrons. The van der Waals surface area contributed by atoms with Gasteiger partial charge in [-0.25, -0.2) is 0 Å². The van der Waals surface area contributed by atoms with E-state index in [-0.39, 0.29) is 5.91 Å². The van der Waals surface area contributed by atoms with Crippen molar-refractivity contribution in [3.63, 3.8) is 0 Å². The number of hydrogen-bond donors (Lipinski definition) is 2. The highest BCUT2D eigenvalue weighted by Gasteiger charge is 2.30. The SMILES string of the molecule is COc1ccc(C(=O)Nc2ccccc2C(C)(O)c2ccccn2)cc1. The first-order chi connectivity index (χ1) is 12.5. The summed E-state index contributed by atoms with van der Waals surface area (Å²) in [5.74, 6) is 0.414. The lowest BCUT2D eigenvalue weighted by atomic mass is 9.90. The summed E-state index contributed by atoms with van der Waals surface area (Å²) in [6.45, 7) is 1.66. The molecule has 0 saturated carbocycles. The summed E-state index contributed by atoms with van der Waals surface area (Å²) in [4.78, 5) is 16.8. The maximum absolute atomic E-state index is 12.6. The number of anilines is 1. The van der Waals surface area contributed by atoms with Crippen LogP contribution in [0.1, 0.15) is 28.5 Å². The Balaban J connectivity index is 1.91. The van der Waals surface area contributed by atoms with E-state index in [9.17, 15) is 9.90 Å². The second-order valence-corrected chi connectivity index (χ2v) is 6.02. The van der Waals surface area contributed by atoms with E-state index in [0.29, 0.717) is 28.3 Å². The fourth-order valence-electron chi connectivity index (χ4n) is 2.74. The van der Waals surface area contributed by atoms with Crippen molar-refractivity contribution >= 4 is 11.6 Å². The fourth-order valence-corrected chi connectivity index (χ4v) is 2.74. The van der Waals surface area contributed by atoms with Crippen LogP contribution in [0.2, 0.25) is 0 Å². The van der Waals surface area contributed by atoms with Crippen molar-refractivity contribution in [2.24, 2.45) is 0 Å². The molecule has 5 heteroatoms. The number of nitrogens with zero attached hydrogens (tertiary/aromatic N) is 1. The Morgan fingerprint density at radius 2 is 1.73 bits per heavy atom. The van der Waals surface area contributed by atoms with Gasteiger partial charge in [-0.2, -0.15) is 0 Å². The minimum Gasteiger partial charge on any atom is -0.497 e. The van der Waals surface area contributed by atoms with E-state index < -0.39 is 5.60 Å². The molecule has 1 amide bonds. The monoisotopic (exact) mass is 348 g/mol. The molecule has 1 aromatic heterocycles. The van der Waals surface area contributed by atoms with Crippen LogP contribution in [-0.4, -0.2) is 23.1 Å². The number of para-hydroxylation sites is 1. The summed E-state index contributed by atoms with van der Waals surface area (Å²) >= 11 is 0. The molecule has 2 N–H and O–H groups in total. The molecule has 26 heavy (non-hydrogen) atoms. The number of amides is 1. The van der Waals surface area contributed by atoms with Crippen molar-refractivity contribution in [3.8, 4) is 5.75 Å². The van der Waals surface area contributed by atoms with Gasteiger partial charge in [0, 0.05) is 23.0 Å². The third-order valence-electron chi connectivity index (χ3n) is 4.22. The number of aromatic nitrogens is 1. The van der Waals surface area contributed by atoms with Crippen LogP contribution in [0.25, 0.3) is 0 Å². The molecule has 1 atom stereocenters. The highest BCUT2D eigenvalue weighted by Crippen LogP contribution is 2.33. The van der Waals surface area contributed by atoms with Gasteiger partial charge in [0.15, 0.2) is 0 Å². The normalized spacial score (nSPS) is 12.9. The highest BCUT2D eigenvalue weighted by molar-refractivity contribution is 6.04. The molecule has 2 aromatic carbocycles. The minimum absolute atomic E-state index is 0.267. The molecule has 0 spiro atoms. The summed E-state index contributed by atoms with van der Waals surface area (Å²) in [5.41, 5.74) is 0.763. The third-order valence-corrected chi connectivity index (χ3v) is 4.22. The lowest BCUT2D eigenvalue weighted by molar-refractivity contribution is 0.0974. The average molecular weight is 348 g/mol. The Morgan fingerprint density at radius 3 is 2.38 bits per heavy atom. The number of carbonyl (C=O) groups excluding carboxylic acids is 1. The maximum atomic E-state index is 12.6. The number of benzene rings is 2. The van der Waals surface area contributed by atoms with Crippen LogP contribution < -0.4 is 10.1 Å². The van der Waals surface area contributed by atoms with Crippen LogP contribution in [0.4, 0.5) is 5.69 Å². The van der Waals surface area contributed by atoms with Crippen molar-refractivity contribution in [1.82, 2.24) is 4.98 Å². The van der Waals surface area contributed by atoms with Gasteiger partial charge < -0.3 is 15.2 Å². The quantitative estimate of drug-likeness (QED) is 0.739. The molecule has 0 fully saturated rings. The van der Waals surface area contributed by atoms with Crippen LogP contribution >= 0.6 is 0 Å². The van der Waals surface area contributed by atoms with E-state index in [1.54, 1.807) is 68.8 Å². The van der Waals surface area contributed by atoms with E-state index in [0.717, 1.165) is 0 Å². The van der Waals surface area contributed by atoms with Gasteiger partial charge in [-0.3, -0.25) is 9.78 Å². The van der Waals surface area contributed by atoms with Crippen LogP contribution in [0.5, 0.6) is 5.75 Å². The van der Waals surface area contributed by atoms with Crippen LogP contribution in [0.3, 0.4) is 0 Å². The second kappa shape index (κ2) is 7.37. The van der Waals surface area contributed by atoms with Crippen LogP contribution in [0, 0.1) is 0 Å². The zero-order chi connectivity index (χ0) is 18.6. The summed E-state index contributed by atoms with van der Waals surface area (Å²) in [6.07, 6.45) is 1.63. The molecule has 1 unspecified atom stereocenters. The molecule has 0 saturated heterocycles. The first kappa shape index (κ1) is 17.6. The lowest BCUT2D eigenvalue weighted by Crippen LogP contribution is -2.26. The van der Waals surface area contributed by atoms with Gasteiger partial charge in [0.2, 0.25) is 0 Å². The molecular weight excluding hydrogens is 328 g/mol. The van der Waals surface area contributed by atoms with Crippen LogP contribution in [-0.2, 0) is 5.60 Å². The molecule has 0 aliphatic heterocycles. The molecule has 0 aliphatic carbocycles. The van der Waals surface area contributed by atoms with Gasteiger partial charge in [0.1, 0.15) is 11.4 Å². The Morgan fingerprint density at radius 1 is 1.04 bits per heavy atom. The van der Waals surface area contributed by atoms with E-state index in [2.05, 4.69) is 10.3 Å². The number of hydrogen-bond acceptors (Lipinski definition) is 4. The highest BCUT2D eigenvalue weighted by atomic mass is 16.5. The Kier molecular flexibility index (Phi) is 5.00. The molecule has 3 aromatic rings. The number of carbonyl (C=O) groups is 1. The number of methoxy groups -OCH3 is 1. The zero-order valence-corrected chi connectivity index (χ0v) is 14.6. The molecular formula is C21H20N2O3. The Hall–Kier alpha value is -3.18. The average Bonchev–Trinajstić information content (AvgIpc) is 2.69. The number of pyridine rings is 1. The van der Waals surface area contributed by atoms with Crippen molar-refractivity contribution < 1.29 is 14.6 Å². The van der Waals surface area contributed by atoms with Gasteiger partial charge in [-0.1, -0.05) is 24.3 Å². The van der Waals surface area contributed by atoms with Crippen molar-refractivity contribution in [2.45, 2.75) is 12.5 Å². The second-order valence-electron chi connectivity index (χ2n) is 6.02. The first-order valence-corrected chi connectivity index (χ1v) is 8.21. The molecule has 3 rings (SSSR count). The zero-order valence-electron chi connectivity index (χ0n) is 14.6. The number of rotatable bonds is 5. The summed E-state index contributed by atoms with van der Waals surface area (Å²) < 4.78 is 5.11. The van der Waals surface area contributed by atoms with Gasteiger partial charge in [-0.15, -0.1) is 0 Å². The number of nitrogens with one attached hydrogen (secondary N) is 1. The van der Waals surface area contributed by atoms with E-state index in [1.807, 2.05) is 18.2 Å². The van der Waals surface area contributed by atoms with Crippen molar-refractivity contribution in [3.05, 3.63) is 89.7 Å². The van der Waals surface area contributed by atoms with E-state index >= 15 is 0 Å². The maximum Gasteiger partial charge on any atom is 0.255 e. The molecule has 0 bridgehead atoms. The van der Waals surface area contributed by atoms with Gasteiger partial charge >= 0.3 is 0 Å². The Labute approximate surface area is 152 Å².